The molecule has 0 aromatic rings. The Morgan fingerprint density at radius 1 is 0.615 bits per heavy atom. The molecule has 1 saturated heterocycles. The van der Waals surface area contributed by atoms with Gasteiger partial charge in [0.2, 0.25) is 12.6 Å². The fourth-order valence-electron chi connectivity index (χ4n) is 14.7. The lowest BCUT2D eigenvalue weighted by molar-refractivity contribution is -0.212. The SMILES string of the molecule is C[C@]12C=CC(=O)C=C1CCC1C2[C@@H](O)C[C@@]2(C)C1C[C@H]1OC(O)C(=O)[C@@H]3[C@H](CC4C5CCC6=CC(=O)C=C[C@@]6(C)C5[C@H](O)C[C@]43C)OC(O)C(=O)[C@H]12. The van der Waals surface area contributed by atoms with E-state index in [2.05, 4.69) is 13.8 Å². The topological polar surface area (TPSA) is 168 Å². The van der Waals surface area contributed by atoms with Gasteiger partial charge in [-0.3, -0.25) is 19.2 Å². The summed E-state index contributed by atoms with van der Waals surface area (Å²) in [5.74, 6) is -3.70. The highest BCUT2D eigenvalue weighted by molar-refractivity contribution is 6.01. The lowest BCUT2D eigenvalue weighted by Gasteiger charge is -2.58. The molecule has 8 aliphatic carbocycles. The summed E-state index contributed by atoms with van der Waals surface area (Å²) in [4.78, 5) is 53.6. The van der Waals surface area contributed by atoms with Crippen molar-refractivity contribution in [2.24, 2.45) is 69.0 Å². The summed E-state index contributed by atoms with van der Waals surface area (Å²) in [6.45, 7) is 8.09. The largest absolute Gasteiger partial charge is 0.393 e. The second-order valence-electron chi connectivity index (χ2n) is 18.9. The van der Waals surface area contributed by atoms with Gasteiger partial charge in [0.15, 0.2) is 23.1 Å². The fraction of sp³-hybridized carbons (Fsp3) is 0.714. The lowest BCUT2D eigenvalue weighted by Crippen LogP contribution is -2.58. The molecule has 1 aliphatic heterocycles. The van der Waals surface area contributed by atoms with Crippen LogP contribution in [0.5, 0.6) is 0 Å². The zero-order valence-electron chi connectivity index (χ0n) is 30.4. The van der Waals surface area contributed by atoms with Crippen LogP contribution in [0.4, 0.5) is 0 Å². The van der Waals surface area contributed by atoms with E-state index in [0.717, 1.165) is 24.0 Å². The van der Waals surface area contributed by atoms with Crippen LogP contribution in [0.3, 0.4) is 0 Å². The van der Waals surface area contributed by atoms with Gasteiger partial charge in [0.1, 0.15) is 0 Å². The van der Waals surface area contributed by atoms with Crippen molar-refractivity contribution in [1.29, 1.82) is 0 Å². The van der Waals surface area contributed by atoms with E-state index in [1.807, 2.05) is 26.0 Å². The summed E-state index contributed by atoms with van der Waals surface area (Å²) >= 11 is 0. The number of hydrogen-bond donors (Lipinski definition) is 4. The van der Waals surface area contributed by atoms with Crippen LogP contribution in [0.1, 0.15) is 79.1 Å². The molecule has 0 radical (unpaired) electrons. The number of rotatable bonds is 0. The second-order valence-corrected chi connectivity index (χ2v) is 18.9. The predicted octanol–water partition coefficient (Wildman–Crippen LogP) is 3.56. The Labute approximate surface area is 304 Å². The zero-order valence-corrected chi connectivity index (χ0v) is 30.4. The molecule has 6 saturated carbocycles. The van der Waals surface area contributed by atoms with Crippen LogP contribution in [0, 0.1) is 69.0 Å². The molecule has 10 nitrogen and oxygen atoms in total. The predicted molar refractivity (Wildman–Crippen MR) is 186 cm³/mol. The van der Waals surface area contributed by atoms with Crippen molar-refractivity contribution in [3.8, 4) is 0 Å². The first kappa shape index (κ1) is 35.1. The van der Waals surface area contributed by atoms with Gasteiger partial charge in [0.25, 0.3) is 0 Å². The molecule has 1 heterocycles. The number of carbonyl (C=O) groups is 4. The number of ketones is 4. The molecule has 7 fully saturated rings. The molecule has 10 heteroatoms. The molecule has 4 N–H and O–H groups in total. The Morgan fingerprint density at radius 3 is 1.38 bits per heavy atom. The minimum Gasteiger partial charge on any atom is -0.393 e. The van der Waals surface area contributed by atoms with Crippen LogP contribution in [0.15, 0.2) is 47.6 Å². The van der Waals surface area contributed by atoms with Crippen molar-refractivity contribution in [3.63, 3.8) is 0 Å². The third-order valence-corrected chi connectivity index (χ3v) is 16.7. The van der Waals surface area contributed by atoms with Crippen molar-refractivity contribution < 1.29 is 49.1 Å². The molecular formula is C42H52O10. The number of aliphatic hydroxyl groups is 4. The van der Waals surface area contributed by atoms with Crippen LogP contribution in [-0.2, 0) is 28.7 Å². The molecule has 0 amide bonds. The van der Waals surface area contributed by atoms with E-state index in [9.17, 15) is 39.6 Å². The highest BCUT2D eigenvalue weighted by Crippen LogP contribution is 2.69. The first-order chi connectivity index (χ1) is 24.5. The number of Topliss-reactive ketones (excluding diaryl/α,β-unsaturated/α-hetero) is 2. The maximum absolute atomic E-state index is 14.5. The van der Waals surface area contributed by atoms with E-state index in [4.69, 9.17) is 9.47 Å². The van der Waals surface area contributed by atoms with E-state index < -0.39 is 82.1 Å². The molecule has 0 bridgehead atoms. The summed E-state index contributed by atoms with van der Waals surface area (Å²) < 4.78 is 12.6. The molecule has 280 valence electrons. The highest BCUT2D eigenvalue weighted by Gasteiger charge is 2.69. The first-order valence-electron chi connectivity index (χ1n) is 19.5. The molecule has 18 atom stereocenters. The maximum Gasteiger partial charge on any atom is 0.216 e. The fourth-order valence-corrected chi connectivity index (χ4v) is 14.7. The van der Waals surface area contributed by atoms with Gasteiger partial charge in [0.05, 0.1) is 36.3 Å². The Hall–Kier alpha value is -2.60. The van der Waals surface area contributed by atoms with Crippen LogP contribution >= 0.6 is 0 Å². The summed E-state index contributed by atoms with van der Waals surface area (Å²) in [6.07, 6.45) is 7.45. The summed E-state index contributed by atoms with van der Waals surface area (Å²) in [5, 5.41) is 47.2. The summed E-state index contributed by atoms with van der Waals surface area (Å²) in [5.41, 5.74) is -0.597. The van der Waals surface area contributed by atoms with Gasteiger partial charge >= 0.3 is 0 Å². The van der Waals surface area contributed by atoms with Gasteiger partial charge in [-0.05, 0) is 110 Å². The molecule has 8 unspecified atom stereocenters. The molecule has 0 aromatic heterocycles. The number of ether oxygens (including phenoxy) is 2. The minimum absolute atomic E-state index is 0.0192. The Bertz CT molecular complexity index is 1630. The van der Waals surface area contributed by atoms with Crippen LogP contribution < -0.4 is 0 Å². The average Bonchev–Trinajstić information content (AvgIpc) is 3.52. The normalized spacial score (nSPS) is 55.1. The molecule has 9 aliphatic rings. The second kappa shape index (κ2) is 11.5. The van der Waals surface area contributed by atoms with E-state index in [-0.39, 0.29) is 59.9 Å². The molecule has 9 rings (SSSR count). The number of hydrogen-bond acceptors (Lipinski definition) is 10. The smallest absolute Gasteiger partial charge is 0.216 e. The Morgan fingerprint density at radius 2 is 1.00 bits per heavy atom. The quantitative estimate of drug-likeness (QED) is 0.291. The maximum atomic E-state index is 14.5. The van der Waals surface area contributed by atoms with E-state index in [1.165, 1.54) is 0 Å². The van der Waals surface area contributed by atoms with Gasteiger partial charge in [-0.2, -0.15) is 0 Å². The molecule has 0 spiro atoms. The monoisotopic (exact) mass is 716 g/mol. The van der Waals surface area contributed by atoms with Crippen molar-refractivity contribution in [2.45, 2.75) is 116 Å². The van der Waals surface area contributed by atoms with Gasteiger partial charge in [-0.1, -0.05) is 51.0 Å². The standard InChI is InChI=1S/C42H52O10/c1-39-11-9-21(43)13-19(39)5-7-23-25-15-29-33(41(25,3)17-27(45)31(23)39)35(47)37(49)52-30-16-26-24-8-6-20-14-22(44)10-12-40(20,2)32(24)28(46)18-42(26,4)34(30)36(48)38(50)51-29/h9-14,23-34,37-38,45-46,49-50H,5-8,15-18H2,1-4H3/t23?,24?,25?,26?,27-,28+,29+,30-,31?,32?,33-,34-,37?,38?,39-,40+,41-,42+/m0/s1. The number of allylic oxidation sites excluding steroid dienone is 8. The van der Waals surface area contributed by atoms with Crippen molar-refractivity contribution >= 4 is 23.1 Å². The molecular weight excluding hydrogens is 664 g/mol. The van der Waals surface area contributed by atoms with Gasteiger partial charge < -0.3 is 29.9 Å². The first-order valence-corrected chi connectivity index (χ1v) is 19.5. The number of fused-ring (bicyclic) bond motifs is 14. The average molecular weight is 717 g/mol. The lowest BCUT2D eigenvalue weighted by atomic mass is 9.46. The van der Waals surface area contributed by atoms with Gasteiger partial charge in [-0.15, -0.1) is 0 Å². The Kier molecular flexibility index (Phi) is 7.74. The van der Waals surface area contributed by atoms with Gasteiger partial charge in [-0.25, -0.2) is 0 Å². The van der Waals surface area contributed by atoms with E-state index in [1.54, 1.807) is 24.3 Å². The Balaban J connectivity index is 1.03. The van der Waals surface area contributed by atoms with Crippen LogP contribution in [0.2, 0.25) is 0 Å². The van der Waals surface area contributed by atoms with E-state index in [0.29, 0.717) is 25.7 Å². The molecule has 0 aromatic carbocycles. The third-order valence-electron chi connectivity index (χ3n) is 16.7. The minimum atomic E-state index is -1.84. The van der Waals surface area contributed by atoms with Crippen molar-refractivity contribution in [1.82, 2.24) is 0 Å². The number of carbonyl (C=O) groups excluding carboxylic acids is 4. The summed E-state index contributed by atoms with van der Waals surface area (Å²) in [6, 6.07) is 0. The van der Waals surface area contributed by atoms with Crippen molar-refractivity contribution in [2.75, 3.05) is 0 Å². The zero-order chi connectivity index (χ0) is 36.9. The number of aliphatic hydroxyl groups excluding tert-OH is 4. The van der Waals surface area contributed by atoms with Gasteiger partial charge in [0, 0.05) is 22.7 Å². The van der Waals surface area contributed by atoms with Crippen LogP contribution in [-0.4, -0.2) is 80.6 Å². The highest BCUT2D eigenvalue weighted by atomic mass is 16.6. The summed E-state index contributed by atoms with van der Waals surface area (Å²) in [7, 11) is 0. The molecule has 52 heavy (non-hydrogen) atoms. The van der Waals surface area contributed by atoms with E-state index >= 15 is 0 Å². The van der Waals surface area contributed by atoms with Crippen LogP contribution in [0.25, 0.3) is 0 Å². The third kappa shape index (κ3) is 4.57. The van der Waals surface area contributed by atoms with Crippen molar-refractivity contribution in [3.05, 3.63) is 47.6 Å².